The molecule has 0 unspecified atom stereocenters. The summed E-state index contributed by atoms with van der Waals surface area (Å²) in [7, 11) is 0. The number of thiocarbonyl (C=S) groups is 1. The Labute approximate surface area is 167 Å². The van der Waals surface area contributed by atoms with Crippen molar-refractivity contribution in [1.29, 1.82) is 0 Å². The molecular formula is C21H19BrN2OS. The van der Waals surface area contributed by atoms with Crippen LogP contribution in [0.5, 0.6) is 5.75 Å². The summed E-state index contributed by atoms with van der Waals surface area (Å²) in [6, 6.07) is 25.4. The second kappa shape index (κ2) is 8.83. The van der Waals surface area contributed by atoms with Gasteiger partial charge >= 0.3 is 0 Å². The van der Waals surface area contributed by atoms with Crippen LogP contribution < -0.4 is 5.32 Å². The molecule has 0 fully saturated rings. The zero-order valence-electron chi connectivity index (χ0n) is 14.1. The minimum Gasteiger partial charge on any atom is -0.508 e. The van der Waals surface area contributed by atoms with E-state index in [1.807, 2.05) is 65.6 Å². The molecule has 0 aliphatic rings. The van der Waals surface area contributed by atoms with Gasteiger partial charge in [-0.25, -0.2) is 0 Å². The number of aromatic hydroxyl groups is 1. The highest BCUT2D eigenvalue weighted by Crippen LogP contribution is 2.24. The van der Waals surface area contributed by atoms with Crippen LogP contribution in [0.25, 0.3) is 0 Å². The number of anilines is 1. The zero-order chi connectivity index (χ0) is 18.4. The summed E-state index contributed by atoms with van der Waals surface area (Å²) in [4.78, 5) is 2.04. The monoisotopic (exact) mass is 426 g/mol. The number of para-hydroxylation sites is 1. The normalized spacial score (nSPS) is 10.3. The maximum atomic E-state index is 10.2. The Morgan fingerprint density at radius 1 is 0.923 bits per heavy atom. The van der Waals surface area contributed by atoms with E-state index in [4.69, 9.17) is 12.2 Å². The summed E-state index contributed by atoms with van der Waals surface area (Å²) in [6.07, 6.45) is 0. The van der Waals surface area contributed by atoms with Crippen LogP contribution in [0, 0.1) is 0 Å². The molecule has 3 nitrogen and oxygen atoms in total. The average molecular weight is 427 g/mol. The average Bonchev–Trinajstić information content (AvgIpc) is 2.66. The van der Waals surface area contributed by atoms with Gasteiger partial charge < -0.3 is 15.3 Å². The Kier molecular flexibility index (Phi) is 6.26. The van der Waals surface area contributed by atoms with E-state index in [0.29, 0.717) is 18.2 Å². The summed E-state index contributed by atoms with van der Waals surface area (Å²) in [5.74, 6) is 0.258. The third kappa shape index (κ3) is 5.07. The van der Waals surface area contributed by atoms with Gasteiger partial charge in [-0.2, -0.15) is 0 Å². The van der Waals surface area contributed by atoms with Crippen LogP contribution in [0.4, 0.5) is 5.69 Å². The first kappa shape index (κ1) is 18.4. The van der Waals surface area contributed by atoms with E-state index in [1.165, 1.54) is 0 Å². The molecule has 0 aliphatic carbocycles. The molecular weight excluding hydrogens is 408 g/mol. The topological polar surface area (TPSA) is 35.5 Å². The summed E-state index contributed by atoms with van der Waals surface area (Å²) in [5.41, 5.74) is 2.90. The van der Waals surface area contributed by atoms with E-state index in [1.54, 1.807) is 6.07 Å². The van der Waals surface area contributed by atoms with Crippen molar-refractivity contribution in [2.45, 2.75) is 13.1 Å². The maximum Gasteiger partial charge on any atom is 0.174 e. The second-order valence-corrected chi connectivity index (χ2v) is 7.21. The van der Waals surface area contributed by atoms with Crippen molar-refractivity contribution in [3.8, 4) is 5.75 Å². The van der Waals surface area contributed by atoms with E-state index in [2.05, 4.69) is 33.4 Å². The lowest BCUT2D eigenvalue weighted by Gasteiger charge is -2.26. The third-order valence-corrected chi connectivity index (χ3v) is 4.78. The lowest BCUT2D eigenvalue weighted by Crippen LogP contribution is -2.33. The fraction of sp³-hybridized carbons (Fsp3) is 0.0952. The summed E-state index contributed by atoms with van der Waals surface area (Å²) < 4.78 is 0.923. The molecule has 3 aromatic rings. The predicted molar refractivity (Wildman–Crippen MR) is 114 cm³/mol. The first-order valence-electron chi connectivity index (χ1n) is 8.24. The standard InChI is InChI=1S/C21H19BrN2OS/c22-18-11-12-20(25)17(13-18)15-24(14-16-7-3-1-4-8-16)21(26)23-19-9-5-2-6-10-19/h1-13,25H,14-15H2,(H,23,26). The Balaban J connectivity index is 1.83. The van der Waals surface area contributed by atoms with Gasteiger partial charge in [-0.05, 0) is 48.1 Å². The van der Waals surface area contributed by atoms with Crippen LogP contribution in [0.15, 0.2) is 83.3 Å². The van der Waals surface area contributed by atoms with Gasteiger partial charge in [-0.1, -0.05) is 64.5 Å². The van der Waals surface area contributed by atoms with Crippen molar-refractivity contribution < 1.29 is 5.11 Å². The molecule has 0 aliphatic heterocycles. The van der Waals surface area contributed by atoms with Gasteiger partial charge in [0.1, 0.15) is 5.75 Å². The summed E-state index contributed by atoms with van der Waals surface area (Å²) >= 11 is 9.12. The van der Waals surface area contributed by atoms with Crippen LogP contribution in [-0.2, 0) is 13.1 Å². The van der Waals surface area contributed by atoms with Gasteiger partial charge in [0, 0.05) is 28.8 Å². The fourth-order valence-electron chi connectivity index (χ4n) is 2.61. The smallest absolute Gasteiger partial charge is 0.174 e. The first-order valence-corrected chi connectivity index (χ1v) is 9.44. The van der Waals surface area contributed by atoms with Crippen molar-refractivity contribution >= 4 is 38.9 Å². The molecule has 0 heterocycles. The van der Waals surface area contributed by atoms with E-state index < -0.39 is 0 Å². The molecule has 0 spiro atoms. The number of nitrogens with zero attached hydrogens (tertiary/aromatic N) is 1. The number of hydrogen-bond acceptors (Lipinski definition) is 2. The lowest BCUT2D eigenvalue weighted by molar-refractivity contribution is 0.395. The van der Waals surface area contributed by atoms with Crippen molar-refractivity contribution in [3.05, 3.63) is 94.5 Å². The van der Waals surface area contributed by atoms with Crippen molar-refractivity contribution in [2.75, 3.05) is 5.32 Å². The van der Waals surface area contributed by atoms with Crippen LogP contribution >= 0.6 is 28.1 Å². The van der Waals surface area contributed by atoms with Crippen LogP contribution in [0.1, 0.15) is 11.1 Å². The lowest BCUT2D eigenvalue weighted by atomic mass is 10.1. The van der Waals surface area contributed by atoms with Gasteiger partial charge in [0.15, 0.2) is 5.11 Å². The van der Waals surface area contributed by atoms with Crippen LogP contribution in [-0.4, -0.2) is 15.1 Å². The van der Waals surface area contributed by atoms with Crippen molar-refractivity contribution in [2.24, 2.45) is 0 Å². The molecule has 5 heteroatoms. The molecule has 0 amide bonds. The number of nitrogens with one attached hydrogen (secondary N) is 1. The SMILES string of the molecule is Oc1ccc(Br)cc1CN(Cc1ccccc1)C(=S)Nc1ccccc1. The summed E-state index contributed by atoms with van der Waals surface area (Å²) in [5, 5.41) is 14.1. The molecule has 26 heavy (non-hydrogen) atoms. The Hall–Kier alpha value is -2.37. The molecule has 0 atom stereocenters. The van der Waals surface area contributed by atoms with Crippen molar-refractivity contribution in [1.82, 2.24) is 4.90 Å². The largest absolute Gasteiger partial charge is 0.508 e. The molecule has 2 N–H and O–H groups in total. The molecule has 3 aromatic carbocycles. The Bertz CT molecular complexity index is 872. The predicted octanol–water partition coefficient (Wildman–Crippen LogP) is 5.55. The minimum atomic E-state index is 0.258. The van der Waals surface area contributed by atoms with Crippen LogP contribution in [0.2, 0.25) is 0 Å². The van der Waals surface area contributed by atoms with E-state index >= 15 is 0 Å². The van der Waals surface area contributed by atoms with Gasteiger partial charge in [-0.15, -0.1) is 0 Å². The third-order valence-electron chi connectivity index (χ3n) is 3.93. The molecule has 3 rings (SSSR count). The number of hydrogen-bond donors (Lipinski definition) is 2. The van der Waals surface area contributed by atoms with Gasteiger partial charge in [0.2, 0.25) is 0 Å². The highest BCUT2D eigenvalue weighted by atomic mass is 79.9. The number of phenols is 1. The zero-order valence-corrected chi connectivity index (χ0v) is 16.5. The first-order chi connectivity index (χ1) is 12.6. The minimum absolute atomic E-state index is 0.258. The molecule has 132 valence electrons. The van der Waals surface area contributed by atoms with Gasteiger partial charge in [-0.3, -0.25) is 0 Å². The maximum absolute atomic E-state index is 10.2. The molecule has 0 bridgehead atoms. The van der Waals surface area contributed by atoms with E-state index in [0.717, 1.165) is 21.3 Å². The number of halogens is 1. The van der Waals surface area contributed by atoms with E-state index in [9.17, 15) is 5.11 Å². The fourth-order valence-corrected chi connectivity index (χ4v) is 3.27. The molecule has 0 saturated carbocycles. The summed E-state index contributed by atoms with van der Waals surface area (Å²) in [6.45, 7) is 1.14. The second-order valence-electron chi connectivity index (χ2n) is 5.91. The Morgan fingerprint density at radius 3 is 2.27 bits per heavy atom. The number of benzene rings is 3. The quantitative estimate of drug-likeness (QED) is 0.523. The van der Waals surface area contributed by atoms with Gasteiger partial charge in [0.05, 0.1) is 0 Å². The van der Waals surface area contributed by atoms with Crippen LogP contribution in [0.3, 0.4) is 0 Å². The van der Waals surface area contributed by atoms with E-state index in [-0.39, 0.29) is 5.75 Å². The Morgan fingerprint density at radius 2 is 1.58 bits per heavy atom. The molecule has 0 radical (unpaired) electrons. The number of rotatable bonds is 5. The molecule has 0 saturated heterocycles. The molecule has 0 aromatic heterocycles. The highest BCUT2D eigenvalue weighted by Gasteiger charge is 2.14. The van der Waals surface area contributed by atoms with Gasteiger partial charge in [0.25, 0.3) is 0 Å². The number of phenolic OH excluding ortho intramolecular Hbond substituents is 1. The van der Waals surface area contributed by atoms with Crippen molar-refractivity contribution in [3.63, 3.8) is 0 Å². The highest BCUT2D eigenvalue weighted by molar-refractivity contribution is 9.10.